The molecule has 0 fully saturated rings. The van der Waals surface area contributed by atoms with Crippen LogP contribution in [0.3, 0.4) is 0 Å². The molecule has 0 bridgehead atoms. The normalized spacial score (nSPS) is 13.2. The molecule has 0 radical (unpaired) electrons. The third-order valence-corrected chi connectivity index (χ3v) is 12.3. The van der Waals surface area contributed by atoms with E-state index >= 15 is 0 Å². The van der Waals surface area contributed by atoms with Gasteiger partial charge in [-0.25, -0.2) is 0 Å². The van der Waals surface area contributed by atoms with Gasteiger partial charge in [-0.1, -0.05) is 133 Å². The van der Waals surface area contributed by atoms with Crippen LogP contribution < -0.4 is 14.7 Å². The molecule has 1 aliphatic heterocycles. The second kappa shape index (κ2) is 15.4. The van der Waals surface area contributed by atoms with Gasteiger partial charge in [0.2, 0.25) is 0 Å². The predicted molar refractivity (Wildman–Crippen MR) is 255 cm³/mol. The molecule has 3 heteroatoms. The largest absolute Gasteiger partial charge is 0.340 e. The predicted octanol–water partition coefficient (Wildman–Crippen LogP) is 15.6. The van der Waals surface area contributed by atoms with Crippen LogP contribution in [0.25, 0.3) is 38.7 Å². The molecule has 0 spiro atoms. The number of nitrogens with zero attached hydrogens (tertiary/aromatic N) is 3. The standard InChI is InChI=1S/C57H45N3/c1-5-20-43(21-6-1)56-51-35-33-50(59(45-24-7-2-8-25-45)46-26-9-3-10-27-46)40-54(51)57(58-37-17-23-42-19-15-16-30-55(42)58)52-36-34-49(39-53(52)56)60(47-28-11-4-12-29-47)48-32-31-41-18-13-14-22-44(41)38-48/h1-13,15-16,18-21,24-36,38-40H,14,17,22-23,37H2. The van der Waals surface area contributed by atoms with Crippen molar-refractivity contribution in [3.8, 4) is 11.1 Å². The molecule has 9 aromatic rings. The summed E-state index contributed by atoms with van der Waals surface area (Å²) in [5, 5.41) is 4.96. The maximum atomic E-state index is 2.61. The molecule has 0 saturated carbocycles. The molecular formula is C57H45N3. The summed E-state index contributed by atoms with van der Waals surface area (Å²) < 4.78 is 0. The lowest BCUT2D eigenvalue weighted by Gasteiger charge is -2.35. The molecule has 0 atom stereocenters. The molecule has 0 amide bonds. The minimum atomic E-state index is 0.943. The van der Waals surface area contributed by atoms with Crippen LogP contribution in [0.15, 0.2) is 206 Å². The van der Waals surface area contributed by atoms with Crippen LogP contribution >= 0.6 is 0 Å². The first-order valence-corrected chi connectivity index (χ1v) is 21.3. The molecule has 0 unspecified atom stereocenters. The smallest absolute Gasteiger partial charge is 0.0571 e. The number of rotatable bonds is 8. The third kappa shape index (κ3) is 6.40. The summed E-state index contributed by atoms with van der Waals surface area (Å²) in [6.45, 7) is 0.943. The molecule has 3 nitrogen and oxygen atoms in total. The first-order valence-electron chi connectivity index (χ1n) is 21.3. The number of hydrogen-bond donors (Lipinski definition) is 0. The Morgan fingerprint density at radius 1 is 0.400 bits per heavy atom. The van der Waals surface area contributed by atoms with E-state index in [0.29, 0.717) is 0 Å². The van der Waals surface area contributed by atoms with Crippen LogP contribution in [0.1, 0.15) is 29.5 Å². The van der Waals surface area contributed by atoms with Gasteiger partial charge in [-0.2, -0.15) is 0 Å². The zero-order chi connectivity index (χ0) is 39.8. The summed E-state index contributed by atoms with van der Waals surface area (Å²) in [5.41, 5.74) is 16.0. The number of allylic oxidation sites excluding steroid dienone is 1. The number of hydrogen-bond acceptors (Lipinski definition) is 3. The van der Waals surface area contributed by atoms with Gasteiger partial charge in [0, 0.05) is 57.1 Å². The molecule has 60 heavy (non-hydrogen) atoms. The average molecular weight is 772 g/mol. The number of benzene rings is 9. The minimum absolute atomic E-state index is 0.943. The maximum absolute atomic E-state index is 2.61. The first kappa shape index (κ1) is 35.8. The number of fused-ring (bicyclic) bond motifs is 4. The lowest BCUT2D eigenvalue weighted by Crippen LogP contribution is -2.25. The highest BCUT2D eigenvalue weighted by atomic mass is 15.2. The number of aryl methyl sites for hydroxylation is 2. The van der Waals surface area contributed by atoms with Gasteiger partial charge in [-0.3, -0.25) is 0 Å². The van der Waals surface area contributed by atoms with E-state index in [0.717, 1.165) is 60.7 Å². The summed E-state index contributed by atoms with van der Waals surface area (Å²) in [7, 11) is 0. The van der Waals surface area contributed by atoms with Crippen molar-refractivity contribution in [2.45, 2.75) is 25.7 Å². The van der Waals surface area contributed by atoms with Gasteiger partial charge in [0.25, 0.3) is 0 Å². The summed E-state index contributed by atoms with van der Waals surface area (Å²) in [6, 6.07) is 73.7. The zero-order valence-corrected chi connectivity index (χ0v) is 33.6. The Labute approximate surface area is 352 Å². The van der Waals surface area contributed by atoms with E-state index < -0.39 is 0 Å². The fourth-order valence-corrected chi connectivity index (χ4v) is 9.62. The topological polar surface area (TPSA) is 9.72 Å². The summed E-state index contributed by atoms with van der Waals surface area (Å²) in [5.74, 6) is 0. The number of para-hydroxylation sites is 4. The molecule has 288 valence electrons. The molecule has 1 aliphatic carbocycles. The zero-order valence-electron chi connectivity index (χ0n) is 33.6. The van der Waals surface area contributed by atoms with Crippen molar-refractivity contribution in [1.82, 2.24) is 0 Å². The highest BCUT2D eigenvalue weighted by Gasteiger charge is 2.27. The van der Waals surface area contributed by atoms with E-state index in [-0.39, 0.29) is 0 Å². The van der Waals surface area contributed by atoms with E-state index in [1.807, 2.05) is 0 Å². The van der Waals surface area contributed by atoms with Crippen molar-refractivity contribution in [2.75, 3.05) is 21.2 Å². The van der Waals surface area contributed by atoms with Crippen molar-refractivity contribution in [3.63, 3.8) is 0 Å². The van der Waals surface area contributed by atoms with Crippen LogP contribution in [0.2, 0.25) is 0 Å². The van der Waals surface area contributed by atoms with E-state index in [1.54, 1.807) is 0 Å². The van der Waals surface area contributed by atoms with Gasteiger partial charge in [0.15, 0.2) is 0 Å². The Kier molecular flexibility index (Phi) is 9.20. The Morgan fingerprint density at radius 2 is 0.950 bits per heavy atom. The summed E-state index contributed by atoms with van der Waals surface area (Å²) in [6.07, 6.45) is 8.86. The molecule has 9 aromatic carbocycles. The quantitative estimate of drug-likeness (QED) is 0.142. The van der Waals surface area contributed by atoms with Crippen LogP contribution in [0, 0.1) is 0 Å². The highest BCUT2D eigenvalue weighted by molar-refractivity contribution is 6.23. The molecule has 0 saturated heterocycles. The molecule has 0 aromatic heterocycles. The Morgan fingerprint density at radius 3 is 1.63 bits per heavy atom. The lowest BCUT2D eigenvalue weighted by molar-refractivity contribution is 0.770. The van der Waals surface area contributed by atoms with Crippen molar-refractivity contribution >= 4 is 73.1 Å². The van der Waals surface area contributed by atoms with Crippen LogP contribution in [0.4, 0.5) is 45.5 Å². The first-order chi connectivity index (χ1) is 29.8. The van der Waals surface area contributed by atoms with Gasteiger partial charge >= 0.3 is 0 Å². The minimum Gasteiger partial charge on any atom is -0.340 e. The molecule has 1 heterocycles. The maximum Gasteiger partial charge on any atom is 0.0571 e. The SMILES string of the molecule is C1=Cc2ccc(N(c3ccccc3)c3ccc4c(N5CCCc6ccccc65)c5cc(N(c6ccccc6)c6ccccc6)ccc5c(-c5ccccc5)c4c3)cc2CC1. The Balaban J connectivity index is 1.22. The van der Waals surface area contributed by atoms with Gasteiger partial charge < -0.3 is 14.7 Å². The lowest BCUT2D eigenvalue weighted by atomic mass is 9.88. The van der Waals surface area contributed by atoms with Gasteiger partial charge in [0.05, 0.1) is 5.69 Å². The van der Waals surface area contributed by atoms with Crippen molar-refractivity contribution in [3.05, 3.63) is 223 Å². The molecule has 0 N–H and O–H groups in total. The van der Waals surface area contributed by atoms with E-state index in [9.17, 15) is 0 Å². The average Bonchev–Trinajstić information content (AvgIpc) is 3.32. The van der Waals surface area contributed by atoms with Crippen LogP contribution in [-0.4, -0.2) is 6.54 Å². The van der Waals surface area contributed by atoms with Crippen molar-refractivity contribution < 1.29 is 0 Å². The molecular weight excluding hydrogens is 727 g/mol. The van der Waals surface area contributed by atoms with Gasteiger partial charge in [-0.05, 0) is 143 Å². The van der Waals surface area contributed by atoms with Gasteiger partial charge in [-0.15, -0.1) is 0 Å². The van der Waals surface area contributed by atoms with Crippen molar-refractivity contribution in [2.24, 2.45) is 0 Å². The second-order valence-corrected chi connectivity index (χ2v) is 15.9. The van der Waals surface area contributed by atoms with Crippen LogP contribution in [0.5, 0.6) is 0 Å². The third-order valence-electron chi connectivity index (χ3n) is 12.3. The summed E-state index contributed by atoms with van der Waals surface area (Å²) in [4.78, 5) is 7.44. The second-order valence-electron chi connectivity index (χ2n) is 15.9. The van der Waals surface area contributed by atoms with Crippen LogP contribution in [-0.2, 0) is 12.8 Å². The Bertz CT molecular complexity index is 2970. The van der Waals surface area contributed by atoms with E-state index in [4.69, 9.17) is 0 Å². The number of anilines is 8. The van der Waals surface area contributed by atoms with E-state index in [2.05, 4.69) is 227 Å². The van der Waals surface area contributed by atoms with Crippen molar-refractivity contribution in [1.29, 1.82) is 0 Å². The fraction of sp³-hybridized carbons (Fsp3) is 0.0877. The monoisotopic (exact) mass is 771 g/mol. The van der Waals surface area contributed by atoms with Gasteiger partial charge in [0.1, 0.15) is 0 Å². The molecule has 11 rings (SSSR count). The Hall–Kier alpha value is -7.36. The summed E-state index contributed by atoms with van der Waals surface area (Å²) >= 11 is 0. The highest BCUT2D eigenvalue weighted by Crippen LogP contribution is 2.50. The fourth-order valence-electron chi connectivity index (χ4n) is 9.62. The molecule has 2 aliphatic rings. The van der Waals surface area contributed by atoms with E-state index in [1.165, 1.54) is 66.4 Å².